The molecule has 0 fully saturated rings. The van der Waals surface area contributed by atoms with Crippen molar-refractivity contribution in [1.82, 2.24) is 9.97 Å². The molecule has 0 radical (unpaired) electrons. The lowest BCUT2D eigenvalue weighted by Gasteiger charge is -2.16. The lowest BCUT2D eigenvalue weighted by molar-refractivity contribution is -0.137. The molecule has 4 nitrogen and oxygen atoms in total. The van der Waals surface area contributed by atoms with E-state index in [0.29, 0.717) is 4.47 Å². The number of benzene rings is 1. The van der Waals surface area contributed by atoms with Crippen LogP contribution in [0.15, 0.2) is 35.1 Å². The summed E-state index contributed by atoms with van der Waals surface area (Å²) < 4.78 is 43.6. The minimum atomic E-state index is -4.50. The average Bonchev–Trinajstić information content (AvgIpc) is 2.45. The van der Waals surface area contributed by atoms with Gasteiger partial charge in [0.1, 0.15) is 11.8 Å². The van der Waals surface area contributed by atoms with Crippen LogP contribution in [0.3, 0.4) is 0 Å². The van der Waals surface area contributed by atoms with Crippen molar-refractivity contribution in [1.29, 1.82) is 0 Å². The molecule has 112 valence electrons. The van der Waals surface area contributed by atoms with Gasteiger partial charge in [0.05, 0.1) is 12.7 Å². The van der Waals surface area contributed by atoms with Gasteiger partial charge in [-0.2, -0.15) is 13.2 Å². The van der Waals surface area contributed by atoms with Gasteiger partial charge in [0, 0.05) is 22.4 Å². The summed E-state index contributed by atoms with van der Waals surface area (Å²) in [6.07, 6.45) is -3.22. The van der Waals surface area contributed by atoms with Gasteiger partial charge in [-0.25, -0.2) is 4.98 Å². The fraction of sp³-hybridized carbons (Fsp3) is 0.231. The molecule has 8 heteroatoms. The maximum absolute atomic E-state index is 12.8. The monoisotopic (exact) mass is 362 g/mol. The number of rotatable bonds is 3. The van der Waals surface area contributed by atoms with Crippen LogP contribution in [0.2, 0.25) is 0 Å². The van der Waals surface area contributed by atoms with E-state index in [1.165, 1.54) is 25.6 Å². The maximum atomic E-state index is 12.8. The number of hydrogen-bond donors (Lipinski definition) is 1. The van der Waals surface area contributed by atoms with Gasteiger partial charge in [0.15, 0.2) is 0 Å². The highest BCUT2D eigenvalue weighted by Crippen LogP contribution is 2.36. The average molecular weight is 363 g/mol. The smallest absolute Gasteiger partial charge is 0.416 e. The molecule has 1 aromatic heterocycles. The molecule has 21 heavy (non-hydrogen) atoms. The number of halogens is 4. The zero-order valence-electron chi connectivity index (χ0n) is 10.7. The lowest BCUT2D eigenvalue weighted by atomic mass is 10.0. The maximum Gasteiger partial charge on any atom is 0.416 e. The van der Waals surface area contributed by atoms with Crippen LogP contribution < -0.4 is 4.74 Å². The zero-order valence-corrected chi connectivity index (χ0v) is 12.3. The van der Waals surface area contributed by atoms with Crippen molar-refractivity contribution < 1.29 is 23.0 Å². The quantitative estimate of drug-likeness (QED) is 0.909. The molecule has 0 aliphatic heterocycles. The number of alkyl halides is 3. The minimum Gasteiger partial charge on any atom is -0.480 e. The van der Waals surface area contributed by atoms with E-state index in [1.54, 1.807) is 0 Å². The first-order chi connectivity index (χ1) is 9.84. The van der Waals surface area contributed by atoms with Crippen molar-refractivity contribution in [3.8, 4) is 5.88 Å². The highest BCUT2D eigenvalue weighted by molar-refractivity contribution is 9.10. The molecule has 2 rings (SSSR count). The van der Waals surface area contributed by atoms with Crippen LogP contribution in [0.1, 0.15) is 22.9 Å². The summed E-state index contributed by atoms with van der Waals surface area (Å²) in [6.45, 7) is 0. The summed E-state index contributed by atoms with van der Waals surface area (Å²) in [5, 5.41) is 10.3. The van der Waals surface area contributed by atoms with E-state index in [4.69, 9.17) is 4.74 Å². The third-order valence-electron chi connectivity index (χ3n) is 2.76. The first-order valence-corrected chi connectivity index (χ1v) is 6.53. The molecular formula is C13H10BrF3N2O2. The Kier molecular flexibility index (Phi) is 4.48. The molecule has 0 amide bonds. The number of aromatic nitrogens is 2. The van der Waals surface area contributed by atoms with E-state index in [0.717, 1.165) is 12.1 Å². The lowest BCUT2D eigenvalue weighted by Crippen LogP contribution is -2.10. The van der Waals surface area contributed by atoms with Crippen LogP contribution in [0.4, 0.5) is 13.2 Å². The molecule has 0 saturated heterocycles. The Bertz CT molecular complexity index is 650. The predicted molar refractivity (Wildman–Crippen MR) is 71.8 cm³/mol. The molecule has 0 spiro atoms. The third kappa shape index (κ3) is 3.33. The second-order valence-electron chi connectivity index (χ2n) is 4.09. The minimum absolute atomic E-state index is 0.0311. The summed E-state index contributed by atoms with van der Waals surface area (Å²) in [5.74, 6) is 0.0503. The summed E-state index contributed by atoms with van der Waals surface area (Å²) in [6, 6.07) is 3.02. The van der Waals surface area contributed by atoms with Crippen molar-refractivity contribution in [3.05, 3.63) is 51.9 Å². The van der Waals surface area contributed by atoms with E-state index < -0.39 is 17.8 Å². The van der Waals surface area contributed by atoms with Gasteiger partial charge < -0.3 is 9.84 Å². The highest BCUT2D eigenvalue weighted by Gasteiger charge is 2.32. The van der Waals surface area contributed by atoms with Gasteiger partial charge in [-0.05, 0) is 18.2 Å². The molecule has 1 N–H and O–H groups in total. The zero-order chi connectivity index (χ0) is 15.6. The Morgan fingerprint density at radius 1 is 1.24 bits per heavy atom. The SMILES string of the molecule is COc1nccnc1C(O)c1cc(C(F)(F)F)ccc1Br. The van der Waals surface area contributed by atoms with Crippen molar-refractivity contribution in [2.24, 2.45) is 0 Å². The van der Waals surface area contributed by atoms with Gasteiger partial charge in [-0.3, -0.25) is 4.98 Å². The predicted octanol–water partition coefficient (Wildman–Crippen LogP) is 3.35. The Morgan fingerprint density at radius 2 is 1.90 bits per heavy atom. The standard InChI is InChI=1S/C13H10BrF3N2O2/c1-21-12-10(18-4-5-19-12)11(20)8-6-7(13(15,16)17)2-3-9(8)14/h2-6,11,20H,1H3. The number of hydrogen-bond acceptors (Lipinski definition) is 4. The summed E-state index contributed by atoms with van der Waals surface area (Å²) in [4.78, 5) is 7.78. The molecule has 1 heterocycles. The Balaban J connectivity index is 2.50. The number of aliphatic hydroxyl groups excluding tert-OH is 1. The summed E-state index contributed by atoms with van der Waals surface area (Å²) in [7, 11) is 1.33. The number of aliphatic hydroxyl groups is 1. The van der Waals surface area contributed by atoms with Crippen LogP contribution >= 0.6 is 15.9 Å². The van der Waals surface area contributed by atoms with Crippen molar-refractivity contribution in [2.45, 2.75) is 12.3 Å². The van der Waals surface area contributed by atoms with Gasteiger partial charge in [-0.1, -0.05) is 15.9 Å². The number of methoxy groups -OCH3 is 1. The second-order valence-corrected chi connectivity index (χ2v) is 4.94. The molecule has 2 aromatic rings. The molecular weight excluding hydrogens is 353 g/mol. The van der Waals surface area contributed by atoms with Gasteiger partial charge >= 0.3 is 6.18 Å². The summed E-state index contributed by atoms with van der Waals surface area (Å²) in [5.41, 5.74) is -0.786. The summed E-state index contributed by atoms with van der Waals surface area (Å²) >= 11 is 3.13. The van der Waals surface area contributed by atoms with Crippen LogP contribution in [-0.2, 0) is 6.18 Å². The first-order valence-electron chi connectivity index (χ1n) is 5.74. The van der Waals surface area contributed by atoms with E-state index in [9.17, 15) is 18.3 Å². The molecule has 1 aromatic carbocycles. The van der Waals surface area contributed by atoms with Crippen molar-refractivity contribution in [2.75, 3.05) is 7.11 Å². The fourth-order valence-electron chi connectivity index (χ4n) is 1.76. The Labute approximate surface area is 126 Å². The van der Waals surface area contributed by atoms with Crippen molar-refractivity contribution >= 4 is 15.9 Å². The number of ether oxygens (including phenoxy) is 1. The van der Waals surface area contributed by atoms with E-state index in [1.807, 2.05) is 0 Å². The molecule has 0 aliphatic rings. The van der Waals surface area contributed by atoms with E-state index in [-0.39, 0.29) is 17.1 Å². The van der Waals surface area contributed by atoms with Gasteiger partial charge in [0.2, 0.25) is 5.88 Å². The van der Waals surface area contributed by atoms with Crippen LogP contribution in [0.25, 0.3) is 0 Å². The fourth-order valence-corrected chi connectivity index (χ4v) is 2.22. The van der Waals surface area contributed by atoms with Crippen molar-refractivity contribution in [3.63, 3.8) is 0 Å². The third-order valence-corrected chi connectivity index (χ3v) is 3.48. The second kappa shape index (κ2) is 5.98. The molecule has 0 bridgehead atoms. The van der Waals surface area contributed by atoms with Gasteiger partial charge in [0.25, 0.3) is 0 Å². The van der Waals surface area contributed by atoms with Crippen LogP contribution in [-0.4, -0.2) is 22.2 Å². The van der Waals surface area contributed by atoms with Crippen LogP contribution in [0.5, 0.6) is 5.88 Å². The van der Waals surface area contributed by atoms with Gasteiger partial charge in [-0.15, -0.1) is 0 Å². The number of nitrogens with zero attached hydrogens (tertiary/aromatic N) is 2. The molecule has 1 atom stereocenters. The Morgan fingerprint density at radius 3 is 2.52 bits per heavy atom. The topological polar surface area (TPSA) is 55.2 Å². The van der Waals surface area contributed by atoms with E-state index >= 15 is 0 Å². The largest absolute Gasteiger partial charge is 0.480 e. The van der Waals surface area contributed by atoms with Crippen LogP contribution in [0, 0.1) is 0 Å². The Hall–Kier alpha value is -1.67. The normalized spacial score (nSPS) is 13.0. The molecule has 1 unspecified atom stereocenters. The molecule has 0 aliphatic carbocycles. The highest BCUT2D eigenvalue weighted by atomic mass is 79.9. The first kappa shape index (κ1) is 15.7. The molecule has 0 saturated carbocycles. The van der Waals surface area contributed by atoms with E-state index in [2.05, 4.69) is 25.9 Å².